The fraction of sp³-hybridized carbons (Fsp3) is 0.364. The molecule has 162 valence electrons. The quantitative estimate of drug-likeness (QED) is 0.559. The van der Waals surface area contributed by atoms with E-state index in [1.54, 1.807) is 17.0 Å². The van der Waals surface area contributed by atoms with Crippen molar-refractivity contribution in [2.45, 2.75) is 25.0 Å². The number of hydrogen-bond acceptors (Lipinski definition) is 6. The highest BCUT2D eigenvalue weighted by atomic mass is 32.2. The summed E-state index contributed by atoms with van der Waals surface area (Å²) in [5.41, 5.74) is 1.97. The number of tetrazole rings is 1. The van der Waals surface area contributed by atoms with Crippen LogP contribution in [0.3, 0.4) is 0 Å². The summed E-state index contributed by atoms with van der Waals surface area (Å²) in [5.74, 6) is -0.556. The standard InChI is InChI=1S/C22H25N5O3S/c28-22(26-13-11-19(12-14-26)15-18-7-3-1-4-8-18)17-31(29,30)16-21-23-24-25-27(21)20-9-5-2-6-10-20/h1-10,19H,11-17H2. The molecule has 0 spiro atoms. The molecule has 1 aromatic heterocycles. The van der Waals surface area contributed by atoms with E-state index in [1.165, 1.54) is 10.2 Å². The lowest BCUT2D eigenvalue weighted by Crippen LogP contribution is -2.42. The van der Waals surface area contributed by atoms with Gasteiger partial charge in [-0.3, -0.25) is 4.79 Å². The highest BCUT2D eigenvalue weighted by molar-refractivity contribution is 7.91. The molecule has 0 radical (unpaired) electrons. The van der Waals surface area contributed by atoms with Crippen LogP contribution in [0.1, 0.15) is 24.2 Å². The predicted octanol–water partition coefficient (Wildman–Crippen LogP) is 2.06. The van der Waals surface area contributed by atoms with Gasteiger partial charge >= 0.3 is 0 Å². The average molecular weight is 440 g/mol. The molecule has 1 aliphatic rings. The Morgan fingerprint density at radius 2 is 1.61 bits per heavy atom. The number of carbonyl (C=O) groups excluding carboxylic acids is 1. The lowest BCUT2D eigenvalue weighted by Gasteiger charge is -2.32. The van der Waals surface area contributed by atoms with E-state index in [0.717, 1.165) is 19.3 Å². The van der Waals surface area contributed by atoms with Crippen molar-refractivity contribution in [1.29, 1.82) is 0 Å². The molecule has 2 heterocycles. The second-order valence-corrected chi connectivity index (χ2v) is 9.95. The molecular formula is C22H25N5O3S. The minimum absolute atomic E-state index is 0.195. The Morgan fingerprint density at radius 3 is 2.29 bits per heavy atom. The number of nitrogens with zero attached hydrogens (tertiary/aromatic N) is 5. The molecule has 2 aromatic carbocycles. The molecule has 1 saturated heterocycles. The van der Waals surface area contributed by atoms with Crippen LogP contribution in [-0.2, 0) is 26.8 Å². The van der Waals surface area contributed by atoms with Crippen molar-refractivity contribution in [3.8, 4) is 5.69 Å². The smallest absolute Gasteiger partial charge is 0.237 e. The minimum atomic E-state index is -3.70. The number of likely N-dealkylation sites (tertiary alicyclic amines) is 1. The molecule has 8 nitrogen and oxygen atoms in total. The van der Waals surface area contributed by atoms with Gasteiger partial charge in [0.2, 0.25) is 5.91 Å². The number of hydrogen-bond donors (Lipinski definition) is 0. The summed E-state index contributed by atoms with van der Waals surface area (Å²) in [5, 5.41) is 11.3. The Labute approximate surface area is 181 Å². The number of sulfone groups is 1. The molecule has 0 atom stereocenters. The van der Waals surface area contributed by atoms with Gasteiger partial charge < -0.3 is 4.90 Å². The van der Waals surface area contributed by atoms with E-state index in [2.05, 4.69) is 27.7 Å². The second-order valence-electron chi connectivity index (χ2n) is 7.89. The molecule has 1 aliphatic heterocycles. The third-order valence-electron chi connectivity index (χ3n) is 5.56. The summed E-state index contributed by atoms with van der Waals surface area (Å²) in [6, 6.07) is 19.4. The number of para-hydroxylation sites is 1. The first-order valence-corrected chi connectivity index (χ1v) is 12.2. The van der Waals surface area contributed by atoms with Gasteiger partial charge in [0.15, 0.2) is 15.7 Å². The summed E-state index contributed by atoms with van der Waals surface area (Å²) in [7, 11) is -3.70. The van der Waals surface area contributed by atoms with Gasteiger partial charge in [-0.15, -0.1) is 5.10 Å². The Hall–Kier alpha value is -3.07. The van der Waals surface area contributed by atoms with Crippen LogP contribution in [0.15, 0.2) is 60.7 Å². The average Bonchev–Trinajstić information content (AvgIpc) is 3.22. The zero-order valence-corrected chi connectivity index (χ0v) is 18.0. The highest BCUT2D eigenvalue weighted by Crippen LogP contribution is 2.22. The second kappa shape index (κ2) is 9.38. The van der Waals surface area contributed by atoms with E-state index in [-0.39, 0.29) is 17.5 Å². The molecule has 0 bridgehead atoms. The SMILES string of the molecule is O=C(CS(=O)(=O)Cc1nnnn1-c1ccccc1)N1CCC(Cc2ccccc2)CC1. The van der Waals surface area contributed by atoms with E-state index in [0.29, 0.717) is 24.7 Å². The monoisotopic (exact) mass is 439 g/mol. The number of benzene rings is 2. The van der Waals surface area contributed by atoms with Gasteiger partial charge in [0, 0.05) is 13.1 Å². The van der Waals surface area contributed by atoms with Gasteiger partial charge in [-0.25, -0.2) is 8.42 Å². The molecule has 0 unspecified atom stereocenters. The molecule has 3 aromatic rings. The molecule has 0 N–H and O–H groups in total. The van der Waals surface area contributed by atoms with Crippen molar-refractivity contribution in [1.82, 2.24) is 25.1 Å². The van der Waals surface area contributed by atoms with Gasteiger partial charge in [0.05, 0.1) is 5.69 Å². The zero-order valence-electron chi connectivity index (χ0n) is 17.2. The molecule has 1 amide bonds. The Morgan fingerprint density at radius 1 is 0.968 bits per heavy atom. The third-order valence-corrected chi connectivity index (χ3v) is 6.95. The van der Waals surface area contributed by atoms with E-state index < -0.39 is 15.6 Å². The fourth-order valence-electron chi connectivity index (χ4n) is 3.93. The number of aromatic nitrogens is 4. The van der Waals surface area contributed by atoms with Crippen LogP contribution in [0.25, 0.3) is 5.69 Å². The predicted molar refractivity (Wildman–Crippen MR) is 116 cm³/mol. The van der Waals surface area contributed by atoms with Crippen LogP contribution >= 0.6 is 0 Å². The van der Waals surface area contributed by atoms with Gasteiger partial charge in [-0.2, -0.15) is 4.68 Å². The molecule has 1 fully saturated rings. The van der Waals surface area contributed by atoms with Crippen molar-refractivity contribution < 1.29 is 13.2 Å². The summed E-state index contributed by atoms with van der Waals surface area (Å²) >= 11 is 0. The normalized spacial score (nSPS) is 15.2. The van der Waals surface area contributed by atoms with Crippen molar-refractivity contribution >= 4 is 15.7 Å². The first-order chi connectivity index (χ1) is 15.0. The number of amides is 1. The van der Waals surface area contributed by atoms with Gasteiger partial charge in [-0.1, -0.05) is 48.5 Å². The minimum Gasteiger partial charge on any atom is -0.342 e. The fourth-order valence-corrected chi connectivity index (χ4v) is 5.16. The molecular weight excluding hydrogens is 414 g/mol. The molecule has 31 heavy (non-hydrogen) atoms. The topological polar surface area (TPSA) is 98.0 Å². The molecule has 4 rings (SSSR count). The van der Waals surface area contributed by atoms with Crippen molar-refractivity contribution in [2.75, 3.05) is 18.8 Å². The van der Waals surface area contributed by atoms with Crippen LogP contribution in [0.2, 0.25) is 0 Å². The number of piperidine rings is 1. The van der Waals surface area contributed by atoms with E-state index in [9.17, 15) is 13.2 Å². The van der Waals surface area contributed by atoms with Gasteiger partial charge in [0.25, 0.3) is 0 Å². The first-order valence-electron chi connectivity index (χ1n) is 10.3. The molecule has 9 heteroatoms. The van der Waals surface area contributed by atoms with E-state index in [1.807, 2.05) is 36.4 Å². The summed E-state index contributed by atoms with van der Waals surface area (Å²) in [6.07, 6.45) is 2.75. The Balaban J connectivity index is 1.32. The number of rotatable bonds is 7. The van der Waals surface area contributed by atoms with Gasteiger partial charge in [-0.05, 0) is 53.3 Å². The summed E-state index contributed by atoms with van der Waals surface area (Å²) < 4.78 is 26.8. The first kappa shape index (κ1) is 21.2. The van der Waals surface area contributed by atoms with E-state index >= 15 is 0 Å². The van der Waals surface area contributed by atoms with E-state index in [4.69, 9.17) is 0 Å². The highest BCUT2D eigenvalue weighted by Gasteiger charge is 2.28. The number of carbonyl (C=O) groups is 1. The van der Waals surface area contributed by atoms with Crippen LogP contribution in [0.4, 0.5) is 0 Å². The maximum Gasteiger partial charge on any atom is 0.237 e. The largest absolute Gasteiger partial charge is 0.342 e. The third kappa shape index (κ3) is 5.55. The zero-order chi connectivity index (χ0) is 21.7. The maximum atomic E-state index is 12.7. The lowest BCUT2D eigenvalue weighted by molar-refractivity contribution is -0.129. The Kier molecular flexibility index (Phi) is 6.41. The van der Waals surface area contributed by atoms with Crippen LogP contribution in [-0.4, -0.2) is 58.3 Å². The summed E-state index contributed by atoms with van der Waals surface area (Å²) in [4.78, 5) is 14.3. The van der Waals surface area contributed by atoms with Gasteiger partial charge in [0.1, 0.15) is 11.5 Å². The Bertz CT molecular complexity index is 1110. The maximum absolute atomic E-state index is 12.7. The van der Waals surface area contributed by atoms with Crippen LogP contribution < -0.4 is 0 Å². The van der Waals surface area contributed by atoms with Crippen molar-refractivity contribution in [3.63, 3.8) is 0 Å². The summed E-state index contributed by atoms with van der Waals surface area (Å²) in [6.45, 7) is 1.18. The molecule has 0 aliphatic carbocycles. The van der Waals surface area contributed by atoms with Crippen LogP contribution in [0, 0.1) is 5.92 Å². The lowest BCUT2D eigenvalue weighted by atomic mass is 9.90. The van der Waals surface area contributed by atoms with Crippen molar-refractivity contribution in [3.05, 3.63) is 72.1 Å². The van der Waals surface area contributed by atoms with Crippen LogP contribution in [0.5, 0.6) is 0 Å². The van der Waals surface area contributed by atoms with Crippen molar-refractivity contribution in [2.24, 2.45) is 5.92 Å². The molecule has 0 saturated carbocycles.